The topological polar surface area (TPSA) is 43.1 Å². The minimum Gasteiger partial charge on any atom is -0.329 e. The summed E-state index contributed by atoms with van der Waals surface area (Å²) in [5, 5.41) is 0. The maximum Gasteiger partial charge on any atom is 0.165 e. The Morgan fingerprint density at radius 2 is 2.00 bits per heavy atom. The summed E-state index contributed by atoms with van der Waals surface area (Å²) in [6, 6.07) is 0. The molecule has 2 nitrogen and oxygen atoms in total. The van der Waals surface area contributed by atoms with Gasteiger partial charge in [-0.15, -0.1) is 0 Å². The molecule has 2 aliphatic carbocycles. The molecule has 0 amide bonds. The highest BCUT2D eigenvalue weighted by Gasteiger charge is 2.48. The van der Waals surface area contributed by atoms with Gasteiger partial charge in [0, 0.05) is 12.0 Å². The Hall–Kier alpha value is -0.630. The van der Waals surface area contributed by atoms with Gasteiger partial charge in [-0.25, -0.2) is 0 Å². The predicted molar refractivity (Wildman–Crippen MR) is 61.5 cm³/mol. The highest BCUT2D eigenvalue weighted by atomic mass is 16.1. The number of Topliss-reactive ketones (excluding diaryl/α,β-unsaturated/α-hetero) is 1. The summed E-state index contributed by atoms with van der Waals surface area (Å²) in [4.78, 5) is 12.2. The molecule has 0 heterocycles. The van der Waals surface area contributed by atoms with Gasteiger partial charge in [-0.1, -0.05) is 18.9 Å². The highest BCUT2D eigenvalue weighted by molar-refractivity contribution is 6.01. The van der Waals surface area contributed by atoms with Gasteiger partial charge in [0.2, 0.25) is 0 Å². The van der Waals surface area contributed by atoms with E-state index in [1.54, 1.807) is 0 Å². The van der Waals surface area contributed by atoms with Crippen molar-refractivity contribution >= 4 is 5.78 Å². The maximum atomic E-state index is 12.2. The third kappa shape index (κ3) is 2.31. The van der Waals surface area contributed by atoms with Gasteiger partial charge >= 0.3 is 0 Å². The van der Waals surface area contributed by atoms with Gasteiger partial charge in [-0.2, -0.15) is 0 Å². The molecule has 0 aliphatic heterocycles. The standard InChI is InChI=1S/C13H21NO/c14-10-13(8-9-13)12(15)11-6-4-2-1-3-5-7-11/h6H,1-5,7-10,14H2. The van der Waals surface area contributed by atoms with Crippen molar-refractivity contribution in [3.8, 4) is 0 Å². The van der Waals surface area contributed by atoms with Crippen molar-refractivity contribution < 1.29 is 4.79 Å². The molecule has 0 aromatic carbocycles. The molecule has 15 heavy (non-hydrogen) atoms. The molecule has 1 saturated carbocycles. The lowest BCUT2D eigenvalue weighted by Crippen LogP contribution is -2.26. The Balaban J connectivity index is 2.04. The van der Waals surface area contributed by atoms with Crippen LogP contribution in [0.1, 0.15) is 51.4 Å². The molecule has 2 N–H and O–H groups in total. The smallest absolute Gasteiger partial charge is 0.165 e. The SMILES string of the molecule is NCC1(C(=O)C2=CCCCCCC2)CC1. The van der Waals surface area contributed by atoms with E-state index in [-0.39, 0.29) is 5.41 Å². The largest absolute Gasteiger partial charge is 0.329 e. The number of hydrogen-bond donors (Lipinski definition) is 1. The molecule has 0 saturated heterocycles. The third-order valence-corrected chi connectivity index (χ3v) is 3.81. The van der Waals surface area contributed by atoms with Gasteiger partial charge in [-0.05, 0) is 44.1 Å². The molecule has 2 heteroatoms. The van der Waals surface area contributed by atoms with Crippen molar-refractivity contribution in [1.82, 2.24) is 0 Å². The summed E-state index contributed by atoms with van der Waals surface area (Å²) < 4.78 is 0. The van der Waals surface area contributed by atoms with Gasteiger partial charge < -0.3 is 5.73 Å². The van der Waals surface area contributed by atoms with Crippen molar-refractivity contribution in [3.05, 3.63) is 11.6 Å². The fourth-order valence-electron chi connectivity index (χ4n) is 2.41. The Kier molecular flexibility index (Phi) is 3.25. The minimum absolute atomic E-state index is 0.134. The molecule has 0 aromatic heterocycles. The van der Waals surface area contributed by atoms with E-state index < -0.39 is 0 Å². The zero-order chi connectivity index (χ0) is 10.7. The first kappa shape index (κ1) is 10.9. The number of carbonyl (C=O) groups is 1. The van der Waals surface area contributed by atoms with Crippen LogP contribution in [-0.2, 0) is 4.79 Å². The van der Waals surface area contributed by atoms with Crippen LogP contribution in [0.15, 0.2) is 11.6 Å². The van der Waals surface area contributed by atoms with Crippen molar-refractivity contribution in [3.63, 3.8) is 0 Å². The van der Waals surface area contributed by atoms with E-state index in [0.29, 0.717) is 12.3 Å². The second-order valence-corrected chi connectivity index (χ2v) is 5.00. The molecular weight excluding hydrogens is 186 g/mol. The molecule has 2 aliphatic rings. The number of allylic oxidation sites excluding steroid dienone is 2. The molecule has 2 rings (SSSR count). The molecule has 1 fully saturated rings. The van der Waals surface area contributed by atoms with Crippen LogP contribution in [0, 0.1) is 5.41 Å². The molecule has 0 radical (unpaired) electrons. The average Bonchev–Trinajstić information content (AvgIpc) is 2.97. The summed E-state index contributed by atoms with van der Waals surface area (Å²) in [5.41, 5.74) is 6.65. The Labute approximate surface area is 91.9 Å². The quantitative estimate of drug-likeness (QED) is 0.773. The fourth-order valence-corrected chi connectivity index (χ4v) is 2.41. The molecule has 0 aromatic rings. The lowest BCUT2D eigenvalue weighted by atomic mass is 9.89. The number of nitrogens with two attached hydrogens (primary N) is 1. The van der Waals surface area contributed by atoms with E-state index in [0.717, 1.165) is 31.3 Å². The van der Waals surface area contributed by atoms with Crippen LogP contribution in [0.3, 0.4) is 0 Å². The first-order valence-electron chi connectivity index (χ1n) is 6.22. The molecule has 0 bridgehead atoms. The number of carbonyl (C=O) groups excluding carboxylic acids is 1. The molecule has 84 valence electrons. The van der Waals surface area contributed by atoms with Crippen LogP contribution >= 0.6 is 0 Å². The van der Waals surface area contributed by atoms with E-state index in [4.69, 9.17) is 5.73 Å². The first-order valence-corrected chi connectivity index (χ1v) is 6.22. The van der Waals surface area contributed by atoms with Crippen LogP contribution < -0.4 is 5.73 Å². The summed E-state index contributed by atoms with van der Waals surface area (Å²) >= 11 is 0. The summed E-state index contributed by atoms with van der Waals surface area (Å²) in [6.07, 6.45) is 11.3. The summed E-state index contributed by atoms with van der Waals surface area (Å²) in [5.74, 6) is 0.368. The van der Waals surface area contributed by atoms with E-state index in [2.05, 4.69) is 6.08 Å². The van der Waals surface area contributed by atoms with Crippen LogP contribution in [-0.4, -0.2) is 12.3 Å². The summed E-state index contributed by atoms with van der Waals surface area (Å²) in [6.45, 7) is 0.545. The molecule has 0 spiro atoms. The second kappa shape index (κ2) is 4.48. The zero-order valence-electron chi connectivity index (χ0n) is 9.43. The number of rotatable bonds is 3. The van der Waals surface area contributed by atoms with Crippen LogP contribution in [0.25, 0.3) is 0 Å². The maximum absolute atomic E-state index is 12.2. The van der Waals surface area contributed by atoms with E-state index in [9.17, 15) is 4.79 Å². The minimum atomic E-state index is -0.134. The predicted octanol–water partition coefficient (Wildman–Crippen LogP) is 2.58. The molecule has 0 unspecified atom stereocenters. The van der Waals surface area contributed by atoms with Crippen molar-refractivity contribution in [1.29, 1.82) is 0 Å². The van der Waals surface area contributed by atoms with Gasteiger partial charge in [0.25, 0.3) is 0 Å². The molecule has 0 atom stereocenters. The van der Waals surface area contributed by atoms with Crippen molar-refractivity contribution in [2.75, 3.05) is 6.54 Å². The van der Waals surface area contributed by atoms with Gasteiger partial charge in [-0.3, -0.25) is 4.79 Å². The average molecular weight is 207 g/mol. The van der Waals surface area contributed by atoms with E-state index in [1.807, 2.05) is 0 Å². The number of ketones is 1. The highest BCUT2D eigenvalue weighted by Crippen LogP contribution is 2.47. The Bertz CT molecular complexity index is 276. The van der Waals surface area contributed by atoms with Crippen LogP contribution in [0.2, 0.25) is 0 Å². The lowest BCUT2D eigenvalue weighted by molar-refractivity contribution is -0.120. The lowest BCUT2D eigenvalue weighted by Gasteiger charge is -2.16. The molecular formula is C13H21NO. The van der Waals surface area contributed by atoms with Crippen molar-refractivity contribution in [2.24, 2.45) is 11.1 Å². The van der Waals surface area contributed by atoms with Crippen LogP contribution in [0.4, 0.5) is 0 Å². The van der Waals surface area contributed by atoms with Crippen LogP contribution in [0.5, 0.6) is 0 Å². The third-order valence-electron chi connectivity index (χ3n) is 3.81. The summed E-state index contributed by atoms with van der Waals surface area (Å²) in [7, 11) is 0. The van der Waals surface area contributed by atoms with E-state index in [1.165, 1.54) is 25.7 Å². The normalized spacial score (nSPS) is 25.0. The first-order chi connectivity index (χ1) is 7.28. The Morgan fingerprint density at radius 1 is 1.27 bits per heavy atom. The second-order valence-electron chi connectivity index (χ2n) is 5.00. The van der Waals surface area contributed by atoms with E-state index >= 15 is 0 Å². The fraction of sp³-hybridized carbons (Fsp3) is 0.769. The van der Waals surface area contributed by atoms with Gasteiger partial charge in [0.05, 0.1) is 0 Å². The van der Waals surface area contributed by atoms with Gasteiger partial charge in [0.15, 0.2) is 5.78 Å². The Morgan fingerprint density at radius 3 is 2.67 bits per heavy atom. The monoisotopic (exact) mass is 207 g/mol. The zero-order valence-corrected chi connectivity index (χ0v) is 9.43. The van der Waals surface area contributed by atoms with Crippen molar-refractivity contribution in [2.45, 2.75) is 51.4 Å². The number of hydrogen-bond acceptors (Lipinski definition) is 2. The van der Waals surface area contributed by atoms with Gasteiger partial charge in [0.1, 0.15) is 0 Å².